The number of halogens is 5. The van der Waals surface area contributed by atoms with Crippen molar-refractivity contribution < 1.29 is 16.8 Å². The summed E-state index contributed by atoms with van der Waals surface area (Å²) in [6, 6.07) is 2.68. The number of hydrogen-bond donors (Lipinski definition) is 1. The molecule has 0 saturated heterocycles. The highest BCUT2D eigenvalue weighted by molar-refractivity contribution is 9.10. The summed E-state index contributed by atoms with van der Waals surface area (Å²) in [5.74, 6) is 0. The first-order valence-corrected chi connectivity index (χ1v) is 12.0. The second-order valence-electron chi connectivity index (χ2n) is 4.03. The molecule has 138 valence electrons. The van der Waals surface area contributed by atoms with E-state index in [2.05, 4.69) is 46.5 Å². The van der Waals surface area contributed by atoms with Crippen LogP contribution < -0.4 is 4.72 Å². The van der Waals surface area contributed by atoms with E-state index in [0.717, 1.165) is 0 Å². The molecule has 0 aliphatic heterocycles. The maximum absolute atomic E-state index is 11.3. The van der Waals surface area contributed by atoms with Crippen molar-refractivity contribution in [3.8, 4) is 0 Å². The molecule has 0 aliphatic rings. The van der Waals surface area contributed by atoms with Crippen LogP contribution in [0.5, 0.6) is 0 Å². The maximum atomic E-state index is 11.3. The molecule has 2 rings (SSSR count). The summed E-state index contributed by atoms with van der Waals surface area (Å²) in [6.07, 6.45) is 2.81. The lowest BCUT2D eigenvalue weighted by Crippen LogP contribution is -2.19. The molecule has 0 saturated carbocycles. The van der Waals surface area contributed by atoms with E-state index in [9.17, 15) is 16.8 Å². The normalized spacial score (nSPS) is 11.6. The number of aromatic nitrogens is 2. The first-order chi connectivity index (χ1) is 11.4. The van der Waals surface area contributed by atoms with Gasteiger partial charge in [-0.2, -0.15) is 0 Å². The number of hydrogen-bond acceptors (Lipinski definition) is 6. The topological polar surface area (TPSA) is 106 Å². The third-order valence-corrected chi connectivity index (χ3v) is 6.82. The second-order valence-corrected chi connectivity index (χ2v) is 11.0. The Kier molecular flexibility index (Phi) is 8.54. The van der Waals surface area contributed by atoms with Crippen LogP contribution >= 0.6 is 65.7 Å². The Morgan fingerprint density at radius 2 is 1.32 bits per heavy atom. The van der Waals surface area contributed by atoms with E-state index < -0.39 is 19.1 Å². The van der Waals surface area contributed by atoms with Gasteiger partial charge in [0, 0.05) is 32.0 Å². The van der Waals surface area contributed by atoms with Gasteiger partial charge in [0.1, 0.15) is 20.1 Å². The summed E-state index contributed by atoms with van der Waals surface area (Å²) in [6.45, 7) is 0. The molecule has 0 radical (unpaired) electrons. The van der Waals surface area contributed by atoms with Crippen molar-refractivity contribution in [1.82, 2.24) is 14.7 Å². The molecule has 2 aromatic rings. The minimum Gasteiger partial charge on any atom is -0.242 e. The van der Waals surface area contributed by atoms with E-state index in [1.807, 2.05) is 0 Å². The van der Waals surface area contributed by atoms with Gasteiger partial charge in [0.05, 0.1) is 0 Å². The van der Waals surface area contributed by atoms with Crippen LogP contribution in [0.3, 0.4) is 0 Å². The Morgan fingerprint density at radius 3 is 1.68 bits per heavy atom. The standard InChI is InChI=1S/C6H6BrClN2O2S.C5H2BrCl2NO2S/c1-9-13(11,12)5-2-4(7)3-10-6(5)8;6-3-1-4(12(8,10)11)5(7)9-2-3/h2-3,9H,1H3;1-2H. The summed E-state index contributed by atoms with van der Waals surface area (Å²) in [5, 5.41) is -0.175. The van der Waals surface area contributed by atoms with Crippen molar-refractivity contribution in [1.29, 1.82) is 0 Å². The van der Waals surface area contributed by atoms with E-state index in [1.165, 1.54) is 31.6 Å². The van der Waals surface area contributed by atoms with Gasteiger partial charge in [-0.3, -0.25) is 0 Å². The van der Waals surface area contributed by atoms with Gasteiger partial charge >= 0.3 is 0 Å². The van der Waals surface area contributed by atoms with E-state index >= 15 is 0 Å². The molecular formula is C11H8Br2Cl3N3O4S2. The molecule has 0 bridgehead atoms. The monoisotopic (exact) mass is 573 g/mol. The van der Waals surface area contributed by atoms with Gasteiger partial charge in [-0.05, 0) is 51.0 Å². The number of sulfonamides is 1. The fourth-order valence-corrected chi connectivity index (χ4v) is 4.83. The molecule has 1 N–H and O–H groups in total. The van der Waals surface area contributed by atoms with Gasteiger partial charge in [-0.1, -0.05) is 23.2 Å². The molecule has 0 unspecified atom stereocenters. The summed E-state index contributed by atoms with van der Waals surface area (Å²) >= 11 is 17.2. The van der Waals surface area contributed by atoms with Crippen LogP contribution in [-0.2, 0) is 19.1 Å². The lowest BCUT2D eigenvalue weighted by atomic mass is 10.5. The largest absolute Gasteiger partial charge is 0.264 e. The van der Waals surface area contributed by atoms with E-state index in [4.69, 9.17) is 33.9 Å². The van der Waals surface area contributed by atoms with Crippen molar-refractivity contribution in [2.75, 3.05) is 7.05 Å². The molecule has 0 amide bonds. The molecule has 2 heterocycles. The van der Waals surface area contributed by atoms with Crippen molar-refractivity contribution in [2.24, 2.45) is 0 Å². The predicted molar refractivity (Wildman–Crippen MR) is 103 cm³/mol. The van der Waals surface area contributed by atoms with Gasteiger partial charge in [0.2, 0.25) is 10.0 Å². The predicted octanol–water partition coefficient (Wildman–Crippen LogP) is 3.83. The van der Waals surface area contributed by atoms with E-state index in [0.29, 0.717) is 8.95 Å². The minimum absolute atomic E-state index is 0.0361. The number of nitrogens with one attached hydrogen (secondary N) is 1. The SMILES string of the molecule is CNS(=O)(=O)c1cc(Br)cnc1Cl.O=S(=O)(Cl)c1cc(Br)cnc1Cl. The molecule has 2 aromatic heterocycles. The lowest BCUT2D eigenvalue weighted by Gasteiger charge is -2.03. The van der Waals surface area contributed by atoms with Gasteiger partial charge in [0.25, 0.3) is 9.05 Å². The lowest BCUT2D eigenvalue weighted by molar-refractivity contribution is 0.587. The zero-order valence-corrected chi connectivity index (χ0v) is 19.1. The van der Waals surface area contributed by atoms with Gasteiger partial charge < -0.3 is 0 Å². The third kappa shape index (κ3) is 6.90. The highest BCUT2D eigenvalue weighted by atomic mass is 79.9. The van der Waals surface area contributed by atoms with Crippen LogP contribution in [0.4, 0.5) is 0 Å². The fourth-order valence-electron chi connectivity index (χ4n) is 1.28. The molecule has 25 heavy (non-hydrogen) atoms. The van der Waals surface area contributed by atoms with E-state index in [1.54, 1.807) is 0 Å². The Morgan fingerprint density at radius 1 is 0.920 bits per heavy atom. The highest BCUT2D eigenvalue weighted by Crippen LogP contribution is 2.25. The maximum Gasteiger partial charge on any atom is 0.264 e. The first kappa shape index (κ1) is 23.0. The van der Waals surface area contributed by atoms with E-state index in [-0.39, 0.29) is 20.1 Å². The smallest absolute Gasteiger partial charge is 0.242 e. The second kappa shape index (κ2) is 9.27. The number of pyridine rings is 2. The van der Waals surface area contributed by atoms with Gasteiger partial charge in [-0.15, -0.1) is 0 Å². The molecule has 14 heteroatoms. The van der Waals surface area contributed by atoms with Crippen molar-refractivity contribution >= 4 is 84.8 Å². The molecular weight excluding hydrogens is 568 g/mol. The summed E-state index contributed by atoms with van der Waals surface area (Å²) in [4.78, 5) is 7.06. The summed E-state index contributed by atoms with van der Waals surface area (Å²) in [7, 11) is -0.959. The molecule has 0 spiro atoms. The van der Waals surface area contributed by atoms with Crippen LogP contribution in [0.25, 0.3) is 0 Å². The van der Waals surface area contributed by atoms with Crippen molar-refractivity contribution in [3.05, 3.63) is 43.8 Å². The Balaban J connectivity index is 0.000000251. The van der Waals surface area contributed by atoms with Crippen LogP contribution in [0.2, 0.25) is 10.3 Å². The van der Waals surface area contributed by atoms with Crippen LogP contribution in [0.1, 0.15) is 0 Å². The minimum atomic E-state index is -3.81. The number of rotatable bonds is 3. The zero-order valence-electron chi connectivity index (χ0n) is 12.0. The van der Waals surface area contributed by atoms with Crippen molar-refractivity contribution in [2.45, 2.75) is 9.79 Å². The number of nitrogens with zero attached hydrogens (tertiary/aromatic N) is 2. The van der Waals surface area contributed by atoms with Gasteiger partial charge in [-0.25, -0.2) is 31.5 Å². The highest BCUT2D eigenvalue weighted by Gasteiger charge is 2.17. The Labute approximate surface area is 175 Å². The molecule has 0 fully saturated rings. The molecule has 0 aromatic carbocycles. The average Bonchev–Trinajstić information content (AvgIpc) is 2.51. The van der Waals surface area contributed by atoms with Crippen molar-refractivity contribution in [3.63, 3.8) is 0 Å². The third-order valence-electron chi connectivity index (χ3n) is 2.37. The van der Waals surface area contributed by atoms with Crippen LogP contribution in [0, 0.1) is 0 Å². The van der Waals surface area contributed by atoms with Crippen LogP contribution in [0.15, 0.2) is 43.3 Å². The zero-order chi connectivity index (χ0) is 19.4. The summed E-state index contributed by atoms with van der Waals surface area (Å²) < 4.78 is 47.5. The fraction of sp³-hybridized carbons (Fsp3) is 0.0909. The molecule has 7 nitrogen and oxygen atoms in total. The quantitative estimate of drug-likeness (QED) is 0.440. The molecule has 0 atom stereocenters. The summed E-state index contributed by atoms with van der Waals surface area (Å²) in [5.41, 5.74) is 0. The Hall–Kier alpha value is -0.0100. The van der Waals surface area contributed by atoms with Crippen LogP contribution in [-0.4, -0.2) is 33.9 Å². The van der Waals surface area contributed by atoms with Gasteiger partial charge in [0.15, 0.2) is 0 Å². The first-order valence-electron chi connectivity index (χ1n) is 5.88. The molecule has 0 aliphatic carbocycles. The Bertz CT molecular complexity index is 988. The average molecular weight is 577 g/mol.